The van der Waals surface area contributed by atoms with Gasteiger partial charge in [0.25, 0.3) is 0 Å². The van der Waals surface area contributed by atoms with Crippen molar-refractivity contribution in [3.8, 4) is 5.69 Å². The molecule has 0 saturated heterocycles. The van der Waals surface area contributed by atoms with Crippen LogP contribution in [0.1, 0.15) is 23.9 Å². The second kappa shape index (κ2) is 4.49. The summed E-state index contributed by atoms with van der Waals surface area (Å²) in [5.74, 6) is -0.422. The molecule has 1 aromatic carbocycles. The molecule has 0 unspecified atom stereocenters. The molecule has 1 heterocycles. The zero-order valence-electron chi connectivity index (χ0n) is 10.1. The van der Waals surface area contributed by atoms with Crippen LogP contribution < -0.4 is 0 Å². The van der Waals surface area contributed by atoms with E-state index in [0.717, 1.165) is 17.8 Å². The van der Waals surface area contributed by atoms with E-state index < -0.39 is 5.82 Å². The average Bonchev–Trinajstić information content (AvgIpc) is 2.58. The Balaban J connectivity index is 2.57. The molecule has 90 valence electrons. The third kappa shape index (κ3) is 2.07. The van der Waals surface area contributed by atoms with Crippen molar-refractivity contribution >= 4 is 11.6 Å². The van der Waals surface area contributed by atoms with Crippen LogP contribution in [0.25, 0.3) is 5.69 Å². The first-order chi connectivity index (χ1) is 8.04. The number of hydrogen-bond donors (Lipinski definition) is 0. The molecule has 4 heteroatoms. The lowest BCUT2D eigenvalue weighted by Crippen LogP contribution is -2.00. The summed E-state index contributed by atoms with van der Waals surface area (Å²) in [4.78, 5) is 0. The van der Waals surface area contributed by atoms with Crippen LogP contribution in [-0.4, -0.2) is 9.78 Å². The van der Waals surface area contributed by atoms with Crippen LogP contribution in [0.15, 0.2) is 18.2 Å². The van der Waals surface area contributed by atoms with Crippen molar-refractivity contribution in [1.82, 2.24) is 9.78 Å². The first kappa shape index (κ1) is 12.1. The van der Waals surface area contributed by atoms with E-state index in [2.05, 4.69) is 12.0 Å². The van der Waals surface area contributed by atoms with Gasteiger partial charge >= 0.3 is 0 Å². The predicted octanol–water partition coefficient (Wildman–Crippen LogP) is 3.84. The van der Waals surface area contributed by atoms with Crippen molar-refractivity contribution in [3.63, 3.8) is 0 Å². The minimum absolute atomic E-state index is 0.131. The summed E-state index contributed by atoms with van der Waals surface area (Å²) in [7, 11) is 0. The number of nitrogens with zero attached hydrogens (tertiary/aromatic N) is 2. The van der Waals surface area contributed by atoms with Gasteiger partial charge in [-0.25, -0.2) is 9.07 Å². The molecule has 0 amide bonds. The second-order valence-corrected chi connectivity index (χ2v) is 4.42. The van der Waals surface area contributed by atoms with Crippen molar-refractivity contribution in [2.45, 2.75) is 27.2 Å². The van der Waals surface area contributed by atoms with Crippen LogP contribution in [0.2, 0.25) is 5.02 Å². The van der Waals surface area contributed by atoms with Gasteiger partial charge < -0.3 is 0 Å². The molecule has 2 nitrogen and oxygen atoms in total. The van der Waals surface area contributed by atoms with E-state index in [1.807, 2.05) is 13.8 Å². The number of aryl methyl sites for hydroxylation is 1. The summed E-state index contributed by atoms with van der Waals surface area (Å²) in [6.07, 6.45) is 0.924. The number of benzene rings is 1. The van der Waals surface area contributed by atoms with Gasteiger partial charge in [0, 0.05) is 11.8 Å². The maximum atomic E-state index is 13.4. The van der Waals surface area contributed by atoms with E-state index in [4.69, 9.17) is 11.6 Å². The zero-order chi connectivity index (χ0) is 12.6. The average molecular weight is 253 g/mol. The van der Waals surface area contributed by atoms with E-state index in [1.165, 1.54) is 11.6 Å². The van der Waals surface area contributed by atoms with E-state index in [-0.39, 0.29) is 5.02 Å². The fourth-order valence-electron chi connectivity index (χ4n) is 2.05. The topological polar surface area (TPSA) is 17.8 Å². The molecule has 0 saturated carbocycles. The molecule has 2 aromatic rings. The Kier molecular flexibility index (Phi) is 3.20. The van der Waals surface area contributed by atoms with Gasteiger partial charge in [0.15, 0.2) is 0 Å². The van der Waals surface area contributed by atoms with Crippen LogP contribution >= 0.6 is 11.6 Å². The molecule has 0 aliphatic heterocycles. The van der Waals surface area contributed by atoms with Gasteiger partial charge in [0.05, 0.1) is 16.4 Å². The molecule has 17 heavy (non-hydrogen) atoms. The molecule has 0 fully saturated rings. The summed E-state index contributed by atoms with van der Waals surface area (Å²) in [6.45, 7) is 6.05. The van der Waals surface area contributed by atoms with Crippen molar-refractivity contribution in [1.29, 1.82) is 0 Å². The molecule has 0 bridgehead atoms. The van der Waals surface area contributed by atoms with Gasteiger partial charge in [-0.05, 0) is 38.0 Å². The molecule has 0 spiro atoms. The lowest BCUT2D eigenvalue weighted by molar-refractivity contribution is 0.625. The molecule has 0 radical (unpaired) electrons. The molecule has 1 aromatic heterocycles. The smallest absolute Gasteiger partial charge is 0.143 e. The van der Waals surface area contributed by atoms with Crippen molar-refractivity contribution in [2.75, 3.05) is 0 Å². The number of rotatable bonds is 2. The maximum Gasteiger partial charge on any atom is 0.143 e. The molecule has 0 aliphatic carbocycles. The van der Waals surface area contributed by atoms with Crippen LogP contribution in [0.4, 0.5) is 4.39 Å². The standard InChI is InChI=1S/C13H14ClFN2/c1-4-11-8(2)16-17(9(11)3)10-5-6-12(14)13(15)7-10/h5-7H,4H2,1-3H3. The second-order valence-electron chi connectivity index (χ2n) is 4.01. The highest BCUT2D eigenvalue weighted by Gasteiger charge is 2.12. The zero-order valence-corrected chi connectivity index (χ0v) is 10.8. The summed E-state index contributed by atoms with van der Waals surface area (Å²) in [5, 5.41) is 4.56. The first-order valence-corrected chi connectivity index (χ1v) is 5.93. The van der Waals surface area contributed by atoms with Gasteiger partial charge in [-0.15, -0.1) is 0 Å². The minimum atomic E-state index is -0.422. The highest BCUT2D eigenvalue weighted by molar-refractivity contribution is 6.30. The number of hydrogen-bond acceptors (Lipinski definition) is 1. The molecular weight excluding hydrogens is 239 g/mol. The maximum absolute atomic E-state index is 13.4. The number of halogens is 2. The van der Waals surface area contributed by atoms with Gasteiger partial charge in [-0.2, -0.15) is 5.10 Å². The molecular formula is C13H14ClFN2. The fourth-order valence-corrected chi connectivity index (χ4v) is 2.17. The SMILES string of the molecule is CCc1c(C)nn(-c2ccc(Cl)c(F)c2)c1C. The van der Waals surface area contributed by atoms with Crippen molar-refractivity contribution < 1.29 is 4.39 Å². The summed E-state index contributed by atoms with van der Waals surface area (Å²) in [6, 6.07) is 4.72. The lowest BCUT2D eigenvalue weighted by Gasteiger charge is -2.05. The summed E-state index contributed by atoms with van der Waals surface area (Å²) in [5.41, 5.74) is 3.94. The van der Waals surface area contributed by atoms with Gasteiger partial charge in [0.2, 0.25) is 0 Å². The van der Waals surface area contributed by atoms with E-state index in [1.54, 1.807) is 16.8 Å². The largest absolute Gasteiger partial charge is 0.237 e. The predicted molar refractivity (Wildman–Crippen MR) is 67.4 cm³/mol. The fraction of sp³-hybridized carbons (Fsp3) is 0.308. The Hall–Kier alpha value is -1.35. The van der Waals surface area contributed by atoms with Crippen LogP contribution in [0.5, 0.6) is 0 Å². The van der Waals surface area contributed by atoms with Crippen molar-refractivity contribution in [3.05, 3.63) is 46.0 Å². The minimum Gasteiger partial charge on any atom is -0.237 e. The van der Waals surface area contributed by atoms with Gasteiger partial charge in [-0.3, -0.25) is 0 Å². The van der Waals surface area contributed by atoms with Crippen LogP contribution in [-0.2, 0) is 6.42 Å². The van der Waals surface area contributed by atoms with Crippen molar-refractivity contribution in [2.24, 2.45) is 0 Å². The molecule has 0 atom stereocenters. The Morgan fingerprint density at radius 1 is 1.35 bits per heavy atom. The molecule has 2 rings (SSSR count). The third-order valence-corrected chi connectivity index (χ3v) is 3.25. The molecule has 0 aliphatic rings. The monoisotopic (exact) mass is 252 g/mol. The van der Waals surface area contributed by atoms with Crippen LogP contribution in [0, 0.1) is 19.7 Å². The van der Waals surface area contributed by atoms with E-state index in [0.29, 0.717) is 5.69 Å². The van der Waals surface area contributed by atoms with Gasteiger partial charge in [0.1, 0.15) is 5.82 Å². The quantitative estimate of drug-likeness (QED) is 0.794. The normalized spacial score (nSPS) is 10.9. The number of aromatic nitrogens is 2. The summed E-state index contributed by atoms with van der Waals surface area (Å²) >= 11 is 5.67. The summed E-state index contributed by atoms with van der Waals surface area (Å²) < 4.78 is 15.2. The van der Waals surface area contributed by atoms with Gasteiger partial charge in [-0.1, -0.05) is 18.5 Å². The van der Waals surface area contributed by atoms with E-state index in [9.17, 15) is 4.39 Å². The van der Waals surface area contributed by atoms with Crippen LogP contribution in [0.3, 0.4) is 0 Å². The van der Waals surface area contributed by atoms with E-state index >= 15 is 0 Å². The first-order valence-electron chi connectivity index (χ1n) is 5.55. The Morgan fingerprint density at radius 2 is 2.06 bits per heavy atom. The Bertz CT molecular complexity index is 561. The third-order valence-electron chi connectivity index (χ3n) is 2.94. The Morgan fingerprint density at radius 3 is 2.59 bits per heavy atom. The lowest BCUT2D eigenvalue weighted by atomic mass is 10.1. The highest BCUT2D eigenvalue weighted by atomic mass is 35.5. The highest BCUT2D eigenvalue weighted by Crippen LogP contribution is 2.22. The molecule has 0 N–H and O–H groups in total. The Labute approximate surface area is 105 Å².